The standard InChI is InChI=1S/C33H45NO3S/c1-22-23(2)31(33(6,7)8)38-30(22)24-10-12-28-26(20-24)27-21-25(32(3,4)5)11-13-29(27)34(28)14-15-36-18-19-37-17-16-35-9/h10-13,20-21H,14-19H2,1-9H3. The van der Waals surface area contributed by atoms with Crippen molar-refractivity contribution in [2.45, 2.75) is 72.8 Å². The molecule has 0 aliphatic heterocycles. The van der Waals surface area contributed by atoms with Gasteiger partial charge in [-0.3, -0.25) is 0 Å². The molecule has 2 aromatic carbocycles. The Hall–Kier alpha value is -2.18. The highest BCUT2D eigenvalue weighted by atomic mass is 32.1. The van der Waals surface area contributed by atoms with Crippen LogP contribution in [0.3, 0.4) is 0 Å². The van der Waals surface area contributed by atoms with Crippen LogP contribution in [0, 0.1) is 13.8 Å². The predicted molar refractivity (Wildman–Crippen MR) is 163 cm³/mol. The average Bonchev–Trinajstić information content (AvgIpc) is 3.33. The number of nitrogens with zero attached hydrogens (tertiary/aromatic N) is 1. The molecule has 0 saturated carbocycles. The van der Waals surface area contributed by atoms with E-state index in [9.17, 15) is 0 Å². The fourth-order valence-corrected chi connectivity index (χ4v) is 6.53. The van der Waals surface area contributed by atoms with Crippen LogP contribution < -0.4 is 0 Å². The Balaban J connectivity index is 1.72. The number of aromatic nitrogens is 1. The Morgan fingerprint density at radius 3 is 1.92 bits per heavy atom. The monoisotopic (exact) mass is 535 g/mol. The van der Waals surface area contributed by atoms with Crippen LogP contribution in [0.25, 0.3) is 32.2 Å². The van der Waals surface area contributed by atoms with Gasteiger partial charge >= 0.3 is 0 Å². The molecule has 4 rings (SSSR count). The van der Waals surface area contributed by atoms with Gasteiger partial charge in [0.15, 0.2) is 0 Å². The van der Waals surface area contributed by atoms with Crippen LogP contribution in [0.1, 0.15) is 63.1 Å². The topological polar surface area (TPSA) is 32.6 Å². The van der Waals surface area contributed by atoms with E-state index in [1.165, 1.54) is 53.8 Å². The largest absolute Gasteiger partial charge is 0.382 e. The molecular weight excluding hydrogens is 490 g/mol. The van der Waals surface area contributed by atoms with Gasteiger partial charge in [0, 0.05) is 45.2 Å². The van der Waals surface area contributed by atoms with E-state index >= 15 is 0 Å². The molecule has 0 unspecified atom stereocenters. The highest BCUT2D eigenvalue weighted by Gasteiger charge is 2.24. The quantitative estimate of drug-likeness (QED) is 0.191. The maximum absolute atomic E-state index is 5.93. The lowest BCUT2D eigenvalue weighted by molar-refractivity contribution is 0.0234. The Morgan fingerprint density at radius 2 is 1.32 bits per heavy atom. The Labute approximate surface area is 232 Å². The normalized spacial score (nSPS) is 12.8. The number of ether oxygens (including phenoxy) is 3. The second-order valence-electron chi connectivity index (χ2n) is 12.3. The number of hydrogen-bond acceptors (Lipinski definition) is 4. The first-order chi connectivity index (χ1) is 17.9. The number of benzene rings is 2. The zero-order valence-corrected chi connectivity index (χ0v) is 25.6. The van der Waals surface area contributed by atoms with Gasteiger partial charge in [-0.25, -0.2) is 0 Å². The van der Waals surface area contributed by atoms with Gasteiger partial charge in [0.1, 0.15) is 0 Å². The second-order valence-corrected chi connectivity index (χ2v) is 13.4. The maximum atomic E-state index is 5.93. The summed E-state index contributed by atoms with van der Waals surface area (Å²) < 4.78 is 18.9. The summed E-state index contributed by atoms with van der Waals surface area (Å²) in [6.45, 7) is 22.2. The third kappa shape index (κ3) is 6.02. The van der Waals surface area contributed by atoms with Crippen LogP contribution in [-0.4, -0.2) is 44.7 Å². The lowest BCUT2D eigenvalue weighted by Gasteiger charge is -2.19. The zero-order valence-electron chi connectivity index (χ0n) is 24.8. The van der Waals surface area contributed by atoms with Crippen molar-refractivity contribution in [3.63, 3.8) is 0 Å². The first-order valence-electron chi connectivity index (χ1n) is 13.7. The highest BCUT2D eigenvalue weighted by Crippen LogP contribution is 2.43. The summed E-state index contributed by atoms with van der Waals surface area (Å²) in [6, 6.07) is 14.0. The fraction of sp³-hybridized carbons (Fsp3) is 0.515. The number of methoxy groups -OCH3 is 1. The van der Waals surface area contributed by atoms with Gasteiger partial charge in [-0.15, -0.1) is 11.3 Å². The van der Waals surface area contributed by atoms with E-state index in [0.29, 0.717) is 33.0 Å². The van der Waals surface area contributed by atoms with Crippen LogP contribution in [0.5, 0.6) is 0 Å². The van der Waals surface area contributed by atoms with E-state index in [1.807, 2.05) is 11.3 Å². The molecule has 206 valence electrons. The molecular formula is C33H45NO3S. The molecule has 0 radical (unpaired) electrons. The van der Waals surface area contributed by atoms with E-state index in [0.717, 1.165) is 6.54 Å². The van der Waals surface area contributed by atoms with Gasteiger partial charge in [-0.2, -0.15) is 0 Å². The molecule has 0 fully saturated rings. The molecule has 2 aromatic heterocycles. The van der Waals surface area contributed by atoms with Gasteiger partial charge in [-0.1, -0.05) is 53.7 Å². The second kappa shape index (κ2) is 11.5. The molecule has 0 amide bonds. The third-order valence-electron chi connectivity index (χ3n) is 7.39. The molecule has 4 aromatic rings. The lowest BCUT2D eigenvalue weighted by Crippen LogP contribution is -2.12. The number of thiophene rings is 1. The van der Waals surface area contributed by atoms with E-state index in [-0.39, 0.29) is 10.8 Å². The minimum absolute atomic E-state index is 0.0925. The van der Waals surface area contributed by atoms with Crippen molar-refractivity contribution in [2.24, 2.45) is 0 Å². The number of rotatable bonds is 10. The summed E-state index contributed by atoms with van der Waals surface area (Å²) in [5.74, 6) is 0. The molecule has 0 saturated heterocycles. The molecule has 0 N–H and O–H groups in total. The SMILES string of the molecule is COCCOCCOCCn1c2ccc(-c3sc(C(C)(C)C)c(C)c3C)cc2c2cc(C(C)(C)C)ccc21. The van der Waals surface area contributed by atoms with Crippen molar-refractivity contribution in [1.82, 2.24) is 4.57 Å². The van der Waals surface area contributed by atoms with Crippen LogP contribution >= 0.6 is 11.3 Å². The number of hydrogen-bond donors (Lipinski definition) is 0. The van der Waals surface area contributed by atoms with Gasteiger partial charge in [0.05, 0.1) is 33.0 Å². The van der Waals surface area contributed by atoms with E-state index < -0.39 is 0 Å². The predicted octanol–water partition coefficient (Wildman–Crippen LogP) is 8.41. The van der Waals surface area contributed by atoms with Gasteiger partial charge in [0.25, 0.3) is 0 Å². The van der Waals surface area contributed by atoms with Gasteiger partial charge < -0.3 is 18.8 Å². The molecule has 4 nitrogen and oxygen atoms in total. The van der Waals surface area contributed by atoms with Crippen molar-refractivity contribution in [3.8, 4) is 10.4 Å². The van der Waals surface area contributed by atoms with Gasteiger partial charge in [-0.05, 0) is 71.2 Å². The van der Waals surface area contributed by atoms with Crippen molar-refractivity contribution in [1.29, 1.82) is 0 Å². The summed E-state index contributed by atoms with van der Waals surface area (Å²) >= 11 is 1.95. The minimum Gasteiger partial charge on any atom is -0.382 e. The molecule has 0 aliphatic carbocycles. The maximum Gasteiger partial charge on any atom is 0.0701 e. The first kappa shape index (κ1) is 28.8. The van der Waals surface area contributed by atoms with Crippen LogP contribution in [0.15, 0.2) is 36.4 Å². The van der Waals surface area contributed by atoms with E-state index in [4.69, 9.17) is 14.2 Å². The van der Waals surface area contributed by atoms with Crippen LogP contribution in [0.2, 0.25) is 0 Å². The zero-order chi connectivity index (χ0) is 27.7. The summed E-state index contributed by atoms with van der Waals surface area (Å²) in [5.41, 5.74) is 8.26. The summed E-state index contributed by atoms with van der Waals surface area (Å²) in [4.78, 5) is 2.87. The molecule has 38 heavy (non-hydrogen) atoms. The van der Waals surface area contributed by atoms with Crippen LogP contribution in [-0.2, 0) is 31.6 Å². The number of fused-ring (bicyclic) bond motifs is 3. The average molecular weight is 536 g/mol. The molecule has 5 heteroatoms. The molecule has 2 heterocycles. The summed E-state index contributed by atoms with van der Waals surface area (Å²) in [7, 11) is 1.69. The van der Waals surface area contributed by atoms with Crippen molar-refractivity contribution >= 4 is 33.1 Å². The fourth-order valence-electron chi connectivity index (χ4n) is 5.16. The minimum atomic E-state index is 0.0925. The van der Waals surface area contributed by atoms with E-state index in [1.54, 1.807) is 7.11 Å². The Kier molecular flexibility index (Phi) is 8.73. The third-order valence-corrected chi connectivity index (χ3v) is 9.25. The van der Waals surface area contributed by atoms with Crippen LogP contribution in [0.4, 0.5) is 0 Å². The van der Waals surface area contributed by atoms with Crippen molar-refractivity contribution < 1.29 is 14.2 Å². The molecule has 0 bridgehead atoms. The molecule has 0 aliphatic rings. The highest BCUT2D eigenvalue weighted by molar-refractivity contribution is 7.16. The Bertz CT molecular complexity index is 1400. The van der Waals surface area contributed by atoms with Crippen molar-refractivity contribution in [2.75, 3.05) is 40.1 Å². The summed E-state index contributed by atoms with van der Waals surface area (Å²) in [5, 5.41) is 2.63. The van der Waals surface area contributed by atoms with Crippen molar-refractivity contribution in [3.05, 3.63) is 58.0 Å². The Morgan fingerprint density at radius 1 is 0.711 bits per heavy atom. The van der Waals surface area contributed by atoms with Gasteiger partial charge in [0.2, 0.25) is 0 Å². The summed E-state index contributed by atoms with van der Waals surface area (Å²) in [6.07, 6.45) is 0. The molecule has 0 spiro atoms. The first-order valence-corrected chi connectivity index (χ1v) is 14.6. The smallest absolute Gasteiger partial charge is 0.0701 e. The lowest BCUT2D eigenvalue weighted by atomic mass is 9.86. The molecule has 0 atom stereocenters. The van der Waals surface area contributed by atoms with E-state index in [2.05, 4.69) is 96.4 Å².